The van der Waals surface area contributed by atoms with Crippen LogP contribution in [0.3, 0.4) is 0 Å². The molecule has 1 aromatic heterocycles. The van der Waals surface area contributed by atoms with E-state index in [0.717, 1.165) is 6.29 Å². The Bertz CT molecular complexity index is 408. The number of primary amides is 1. The predicted octanol–water partition coefficient (Wildman–Crippen LogP) is 1.51. The molecule has 0 saturated carbocycles. The lowest BCUT2D eigenvalue weighted by Gasteiger charge is -2.25. The lowest BCUT2D eigenvalue weighted by molar-refractivity contribution is -0.111. The number of carbonyl (C=O) groups excluding carboxylic acids is 2. The van der Waals surface area contributed by atoms with Gasteiger partial charge in [0.1, 0.15) is 6.29 Å². The van der Waals surface area contributed by atoms with Crippen LogP contribution in [0.15, 0.2) is 18.3 Å². The van der Waals surface area contributed by atoms with Crippen LogP contribution in [0.1, 0.15) is 42.7 Å². The summed E-state index contributed by atoms with van der Waals surface area (Å²) in [7, 11) is 0. The van der Waals surface area contributed by atoms with Gasteiger partial charge in [-0.25, -0.2) is 0 Å². The van der Waals surface area contributed by atoms with Crippen molar-refractivity contribution in [3.05, 3.63) is 29.6 Å². The fraction of sp³-hybridized carbons (Fsp3) is 0.417. The van der Waals surface area contributed by atoms with Crippen LogP contribution in [0, 0.1) is 5.41 Å². The third kappa shape index (κ3) is 2.66. The molecule has 0 spiro atoms. The van der Waals surface area contributed by atoms with Crippen molar-refractivity contribution in [3.63, 3.8) is 0 Å². The highest BCUT2D eigenvalue weighted by molar-refractivity contribution is 5.92. The Hall–Kier alpha value is -1.71. The molecule has 1 unspecified atom stereocenters. The fourth-order valence-electron chi connectivity index (χ4n) is 1.49. The molecule has 16 heavy (non-hydrogen) atoms. The largest absolute Gasteiger partial charge is 0.366 e. The van der Waals surface area contributed by atoms with Gasteiger partial charge in [0.15, 0.2) is 0 Å². The SMILES string of the molecule is CC(C)(C)C(C=O)c1cc(C(N)=O)ccn1. The Balaban J connectivity index is 3.16. The number of aldehydes is 1. The van der Waals surface area contributed by atoms with Crippen molar-refractivity contribution < 1.29 is 9.59 Å². The minimum Gasteiger partial charge on any atom is -0.366 e. The van der Waals surface area contributed by atoms with Gasteiger partial charge in [0, 0.05) is 11.8 Å². The maximum Gasteiger partial charge on any atom is 0.248 e. The summed E-state index contributed by atoms with van der Waals surface area (Å²) in [4.78, 5) is 26.2. The maximum absolute atomic E-state index is 11.1. The molecule has 1 aromatic rings. The van der Waals surface area contributed by atoms with E-state index in [0.29, 0.717) is 11.3 Å². The number of hydrogen-bond acceptors (Lipinski definition) is 3. The lowest BCUT2D eigenvalue weighted by Crippen LogP contribution is -2.21. The molecule has 1 heterocycles. The van der Waals surface area contributed by atoms with Crippen molar-refractivity contribution in [2.75, 3.05) is 0 Å². The Morgan fingerprint density at radius 1 is 1.50 bits per heavy atom. The van der Waals surface area contributed by atoms with Gasteiger partial charge in [-0.05, 0) is 17.5 Å². The first kappa shape index (κ1) is 12.4. The fourth-order valence-corrected chi connectivity index (χ4v) is 1.49. The van der Waals surface area contributed by atoms with Crippen molar-refractivity contribution in [1.29, 1.82) is 0 Å². The first-order valence-electron chi connectivity index (χ1n) is 5.07. The highest BCUT2D eigenvalue weighted by Crippen LogP contribution is 2.32. The quantitative estimate of drug-likeness (QED) is 0.785. The van der Waals surface area contributed by atoms with Crippen molar-refractivity contribution in [2.24, 2.45) is 11.1 Å². The van der Waals surface area contributed by atoms with Gasteiger partial charge in [0.25, 0.3) is 0 Å². The summed E-state index contributed by atoms with van der Waals surface area (Å²) in [6.45, 7) is 5.85. The topological polar surface area (TPSA) is 73.1 Å². The van der Waals surface area contributed by atoms with Gasteiger partial charge >= 0.3 is 0 Å². The van der Waals surface area contributed by atoms with Crippen LogP contribution in [0.25, 0.3) is 0 Å². The number of amides is 1. The van der Waals surface area contributed by atoms with E-state index in [9.17, 15) is 9.59 Å². The number of nitrogens with zero attached hydrogens (tertiary/aromatic N) is 1. The Morgan fingerprint density at radius 3 is 2.56 bits per heavy atom. The van der Waals surface area contributed by atoms with E-state index in [1.807, 2.05) is 20.8 Å². The third-order valence-electron chi connectivity index (χ3n) is 2.45. The molecule has 2 N–H and O–H groups in total. The second kappa shape index (κ2) is 4.43. The molecule has 1 amide bonds. The van der Waals surface area contributed by atoms with Gasteiger partial charge in [0.05, 0.1) is 11.6 Å². The van der Waals surface area contributed by atoms with Crippen molar-refractivity contribution in [2.45, 2.75) is 26.7 Å². The maximum atomic E-state index is 11.1. The highest BCUT2D eigenvalue weighted by Gasteiger charge is 2.27. The molecule has 86 valence electrons. The molecule has 4 heteroatoms. The molecule has 0 fully saturated rings. The summed E-state index contributed by atoms with van der Waals surface area (Å²) in [5.41, 5.74) is 5.91. The third-order valence-corrected chi connectivity index (χ3v) is 2.45. The van der Waals surface area contributed by atoms with Crippen LogP contribution in [0.2, 0.25) is 0 Å². The molecule has 0 saturated heterocycles. The summed E-state index contributed by atoms with van der Waals surface area (Å²) in [6, 6.07) is 3.11. The predicted molar refractivity (Wildman–Crippen MR) is 61.0 cm³/mol. The van der Waals surface area contributed by atoms with Gasteiger partial charge < -0.3 is 10.5 Å². The van der Waals surface area contributed by atoms with Gasteiger partial charge in [-0.2, -0.15) is 0 Å². The Kier molecular flexibility index (Phi) is 3.42. The number of aromatic nitrogens is 1. The minimum absolute atomic E-state index is 0.231. The molecule has 0 aromatic carbocycles. The van der Waals surface area contributed by atoms with E-state index in [1.54, 1.807) is 6.07 Å². The standard InChI is InChI=1S/C12H16N2O2/c1-12(2,3)9(7-15)10-6-8(11(13)16)4-5-14-10/h4-7,9H,1-3H3,(H2,13,16). The van der Waals surface area contributed by atoms with E-state index in [-0.39, 0.29) is 11.3 Å². The van der Waals surface area contributed by atoms with Crippen molar-refractivity contribution in [3.8, 4) is 0 Å². The van der Waals surface area contributed by atoms with Crippen LogP contribution in [0.4, 0.5) is 0 Å². The first-order chi connectivity index (χ1) is 7.36. The summed E-state index contributed by atoms with van der Waals surface area (Å²) in [5.74, 6) is -0.853. The summed E-state index contributed by atoms with van der Waals surface area (Å²) >= 11 is 0. The van der Waals surface area contributed by atoms with Gasteiger partial charge in [-0.3, -0.25) is 9.78 Å². The van der Waals surface area contributed by atoms with Crippen molar-refractivity contribution in [1.82, 2.24) is 4.98 Å². The molecule has 0 aliphatic heterocycles. The average Bonchev–Trinajstić information content (AvgIpc) is 2.17. The summed E-state index contributed by atoms with van der Waals surface area (Å²) in [5, 5.41) is 0. The number of rotatable bonds is 3. The molecule has 0 bridgehead atoms. The zero-order chi connectivity index (χ0) is 12.3. The number of hydrogen-bond donors (Lipinski definition) is 1. The molecule has 1 rings (SSSR count). The van der Waals surface area contributed by atoms with E-state index in [2.05, 4.69) is 4.98 Å². The first-order valence-corrected chi connectivity index (χ1v) is 5.07. The average molecular weight is 220 g/mol. The smallest absolute Gasteiger partial charge is 0.248 e. The Labute approximate surface area is 94.9 Å². The number of pyridine rings is 1. The van der Waals surface area contributed by atoms with Crippen molar-refractivity contribution >= 4 is 12.2 Å². The number of nitrogens with two attached hydrogens (primary N) is 1. The molecular formula is C12H16N2O2. The molecule has 0 radical (unpaired) electrons. The molecular weight excluding hydrogens is 204 g/mol. The van der Waals surface area contributed by atoms with E-state index in [4.69, 9.17) is 5.73 Å². The van der Waals surface area contributed by atoms with E-state index >= 15 is 0 Å². The van der Waals surface area contributed by atoms with Gasteiger partial charge in [-0.1, -0.05) is 20.8 Å². The lowest BCUT2D eigenvalue weighted by atomic mass is 9.79. The van der Waals surface area contributed by atoms with E-state index in [1.165, 1.54) is 12.3 Å². The molecule has 0 aliphatic carbocycles. The van der Waals surface area contributed by atoms with Crippen LogP contribution in [-0.2, 0) is 4.79 Å². The van der Waals surface area contributed by atoms with Crippen LogP contribution in [-0.4, -0.2) is 17.2 Å². The second-order valence-electron chi connectivity index (χ2n) is 4.81. The monoisotopic (exact) mass is 220 g/mol. The van der Waals surface area contributed by atoms with Crippen LogP contribution < -0.4 is 5.73 Å². The normalized spacial score (nSPS) is 13.2. The van der Waals surface area contributed by atoms with E-state index < -0.39 is 5.91 Å². The highest BCUT2D eigenvalue weighted by atomic mass is 16.1. The summed E-state index contributed by atoms with van der Waals surface area (Å²) < 4.78 is 0. The molecule has 4 nitrogen and oxygen atoms in total. The van der Waals surface area contributed by atoms with Crippen LogP contribution >= 0.6 is 0 Å². The molecule has 0 aliphatic rings. The number of carbonyl (C=O) groups is 2. The van der Waals surface area contributed by atoms with Crippen LogP contribution in [0.5, 0.6) is 0 Å². The Morgan fingerprint density at radius 2 is 2.12 bits per heavy atom. The minimum atomic E-state index is -0.512. The zero-order valence-electron chi connectivity index (χ0n) is 9.73. The zero-order valence-corrected chi connectivity index (χ0v) is 9.73. The molecule has 1 atom stereocenters. The van der Waals surface area contributed by atoms with Gasteiger partial charge in [0.2, 0.25) is 5.91 Å². The second-order valence-corrected chi connectivity index (χ2v) is 4.81. The summed E-state index contributed by atoms with van der Waals surface area (Å²) in [6.07, 6.45) is 2.35. The van der Waals surface area contributed by atoms with Gasteiger partial charge in [-0.15, -0.1) is 0 Å².